The van der Waals surface area contributed by atoms with E-state index >= 15 is 0 Å². The van der Waals surface area contributed by atoms with Crippen LogP contribution < -0.4 is 4.90 Å². The Hall–Kier alpha value is -1.55. The molecule has 0 aromatic heterocycles. The number of aliphatic carboxylic acids is 1. The molecule has 0 spiro atoms. The van der Waals surface area contributed by atoms with E-state index in [2.05, 4.69) is 4.90 Å². The lowest BCUT2D eigenvalue weighted by Gasteiger charge is -2.24. The van der Waals surface area contributed by atoms with Crippen LogP contribution in [0.3, 0.4) is 0 Å². The van der Waals surface area contributed by atoms with Gasteiger partial charge in [0.15, 0.2) is 0 Å². The van der Waals surface area contributed by atoms with Crippen LogP contribution in [-0.4, -0.2) is 37.4 Å². The molecule has 4 heteroatoms. The van der Waals surface area contributed by atoms with Crippen LogP contribution in [0.4, 0.5) is 5.69 Å². The molecule has 0 atom stereocenters. The number of aryl methyl sites for hydroxylation is 1. The van der Waals surface area contributed by atoms with Crippen molar-refractivity contribution in [3.05, 3.63) is 29.8 Å². The molecular formula is C15H23NO3. The molecular weight excluding hydrogens is 242 g/mol. The highest BCUT2D eigenvalue weighted by molar-refractivity contribution is 5.67. The summed E-state index contributed by atoms with van der Waals surface area (Å²) in [6.07, 6.45) is 1.06. The fraction of sp³-hybridized carbons (Fsp3) is 0.533. The smallest absolute Gasteiger partial charge is 0.305 e. The van der Waals surface area contributed by atoms with Crippen LogP contribution in [0.5, 0.6) is 0 Å². The Morgan fingerprint density at radius 2 is 1.95 bits per heavy atom. The summed E-state index contributed by atoms with van der Waals surface area (Å²) < 4.78 is 5.32. The van der Waals surface area contributed by atoms with E-state index in [0.29, 0.717) is 13.2 Å². The number of carboxylic acids is 1. The zero-order chi connectivity index (χ0) is 14.1. The molecule has 19 heavy (non-hydrogen) atoms. The maximum absolute atomic E-state index is 10.7. The largest absolute Gasteiger partial charge is 0.481 e. The molecule has 1 rings (SSSR count). The van der Waals surface area contributed by atoms with Crippen LogP contribution in [-0.2, 0) is 9.53 Å². The highest BCUT2D eigenvalue weighted by atomic mass is 16.5. The Morgan fingerprint density at radius 1 is 1.26 bits per heavy atom. The summed E-state index contributed by atoms with van der Waals surface area (Å²) in [5, 5.41) is 8.81. The number of carbonyl (C=O) groups is 1. The van der Waals surface area contributed by atoms with Crippen molar-refractivity contribution in [2.24, 2.45) is 0 Å². The van der Waals surface area contributed by atoms with Crippen molar-refractivity contribution in [3.8, 4) is 0 Å². The Kier molecular flexibility index (Phi) is 6.97. The molecule has 0 saturated heterocycles. The minimum atomic E-state index is -0.762. The van der Waals surface area contributed by atoms with E-state index in [1.54, 1.807) is 0 Å². The first-order valence-corrected chi connectivity index (χ1v) is 6.74. The number of ether oxygens (including phenoxy) is 1. The first-order valence-electron chi connectivity index (χ1n) is 6.74. The van der Waals surface area contributed by atoms with Crippen LogP contribution in [0.15, 0.2) is 24.3 Å². The maximum atomic E-state index is 10.7. The first-order chi connectivity index (χ1) is 9.13. The molecule has 0 heterocycles. The summed E-state index contributed by atoms with van der Waals surface area (Å²) in [7, 11) is 0. The Bertz CT molecular complexity index is 375. The number of hydrogen-bond acceptors (Lipinski definition) is 3. The standard InChI is InChI=1S/C15H23NO3/c1-3-19-12-4-10-16(11-9-15(17)18)14-7-5-13(2)6-8-14/h5-8H,3-4,9-12H2,1-2H3,(H,17,18). The van der Waals surface area contributed by atoms with Gasteiger partial charge >= 0.3 is 5.97 Å². The van der Waals surface area contributed by atoms with Gasteiger partial charge in [0.2, 0.25) is 0 Å². The molecule has 0 bridgehead atoms. The van der Waals surface area contributed by atoms with Crippen molar-refractivity contribution in [2.75, 3.05) is 31.2 Å². The molecule has 0 aliphatic carbocycles. The van der Waals surface area contributed by atoms with E-state index < -0.39 is 5.97 Å². The lowest BCUT2D eigenvalue weighted by atomic mass is 10.2. The van der Waals surface area contributed by atoms with E-state index in [9.17, 15) is 4.79 Å². The van der Waals surface area contributed by atoms with Gasteiger partial charge < -0.3 is 14.7 Å². The quantitative estimate of drug-likeness (QED) is 0.697. The molecule has 1 N–H and O–H groups in total. The van der Waals surface area contributed by atoms with Crippen LogP contribution in [0, 0.1) is 6.92 Å². The molecule has 1 aromatic carbocycles. The second-order valence-corrected chi connectivity index (χ2v) is 4.52. The lowest BCUT2D eigenvalue weighted by Crippen LogP contribution is -2.28. The summed E-state index contributed by atoms with van der Waals surface area (Å²) in [5.41, 5.74) is 2.28. The number of anilines is 1. The zero-order valence-electron chi connectivity index (χ0n) is 11.8. The highest BCUT2D eigenvalue weighted by Gasteiger charge is 2.08. The van der Waals surface area contributed by atoms with E-state index in [0.717, 1.165) is 25.3 Å². The van der Waals surface area contributed by atoms with Gasteiger partial charge in [-0.05, 0) is 32.4 Å². The van der Waals surface area contributed by atoms with Crippen molar-refractivity contribution in [1.29, 1.82) is 0 Å². The van der Waals surface area contributed by atoms with Crippen molar-refractivity contribution in [3.63, 3.8) is 0 Å². The molecule has 0 aliphatic heterocycles. The van der Waals surface area contributed by atoms with Gasteiger partial charge in [-0.3, -0.25) is 4.79 Å². The lowest BCUT2D eigenvalue weighted by molar-refractivity contribution is -0.136. The Morgan fingerprint density at radius 3 is 2.53 bits per heavy atom. The predicted molar refractivity (Wildman–Crippen MR) is 76.8 cm³/mol. The van der Waals surface area contributed by atoms with Gasteiger partial charge in [0.05, 0.1) is 6.42 Å². The minimum absolute atomic E-state index is 0.155. The Balaban J connectivity index is 2.57. The van der Waals surface area contributed by atoms with Crippen molar-refractivity contribution < 1.29 is 14.6 Å². The van der Waals surface area contributed by atoms with Crippen molar-refractivity contribution in [1.82, 2.24) is 0 Å². The second-order valence-electron chi connectivity index (χ2n) is 4.52. The normalized spacial score (nSPS) is 10.4. The number of benzene rings is 1. The molecule has 0 fully saturated rings. The van der Waals surface area contributed by atoms with Gasteiger partial charge in [-0.1, -0.05) is 17.7 Å². The molecule has 0 saturated carbocycles. The van der Waals surface area contributed by atoms with Gasteiger partial charge in [0.1, 0.15) is 0 Å². The third kappa shape index (κ3) is 6.25. The molecule has 0 aliphatic rings. The van der Waals surface area contributed by atoms with Crippen LogP contribution in [0.1, 0.15) is 25.3 Å². The zero-order valence-corrected chi connectivity index (χ0v) is 11.8. The second kappa shape index (κ2) is 8.53. The minimum Gasteiger partial charge on any atom is -0.481 e. The summed E-state index contributed by atoms with van der Waals surface area (Å²) in [5.74, 6) is -0.762. The molecule has 1 aromatic rings. The van der Waals surface area contributed by atoms with Crippen LogP contribution >= 0.6 is 0 Å². The SMILES string of the molecule is CCOCCCN(CCC(=O)O)c1ccc(C)cc1. The topological polar surface area (TPSA) is 49.8 Å². The van der Waals surface area contributed by atoms with Gasteiger partial charge in [-0.25, -0.2) is 0 Å². The average molecular weight is 265 g/mol. The Labute approximate surface area is 115 Å². The van der Waals surface area contributed by atoms with Crippen LogP contribution in [0.2, 0.25) is 0 Å². The summed E-state index contributed by atoms with van der Waals surface area (Å²) in [6, 6.07) is 8.17. The van der Waals surface area contributed by atoms with Gasteiger partial charge in [-0.15, -0.1) is 0 Å². The third-order valence-electron chi connectivity index (χ3n) is 2.92. The highest BCUT2D eigenvalue weighted by Crippen LogP contribution is 2.15. The summed E-state index contributed by atoms with van der Waals surface area (Å²) in [4.78, 5) is 12.8. The van der Waals surface area contributed by atoms with Gasteiger partial charge in [0, 0.05) is 32.0 Å². The van der Waals surface area contributed by atoms with Crippen molar-refractivity contribution >= 4 is 11.7 Å². The van der Waals surface area contributed by atoms with E-state index in [1.165, 1.54) is 5.56 Å². The average Bonchev–Trinajstić information content (AvgIpc) is 2.39. The third-order valence-corrected chi connectivity index (χ3v) is 2.92. The van der Waals surface area contributed by atoms with Crippen molar-refractivity contribution in [2.45, 2.75) is 26.7 Å². The number of carboxylic acid groups (broad SMARTS) is 1. The predicted octanol–water partition coefficient (Wildman–Crippen LogP) is 2.70. The number of hydrogen-bond donors (Lipinski definition) is 1. The summed E-state index contributed by atoms with van der Waals surface area (Å²) in [6.45, 7) is 6.80. The van der Waals surface area contributed by atoms with Gasteiger partial charge in [0.25, 0.3) is 0 Å². The molecule has 0 unspecified atom stereocenters. The van der Waals surface area contributed by atoms with E-state index in [4.69, 9.17) is 9.84 Å². The first kappa shape index (κ1) is 15.5. The number of rotatable bonds is 9. The molecule has 0 amide bonds. The molecule has 106 valence electrons. The van der Waals surface area contributed by atoms with Crippen LogP contribution in [0.25, 0.3) is 0 Å². The fourth-order valence-electron chi connectivity index (χ4n) is 1.86. The van der Waals surface area contributed by atoms with E-state index in [1.807, 2.05) is 38.1 Å². The maximum Gasteiger partial charge on any atom is 0.305 e. The summed E-state index contributed by atoms with van der Waals surface area (Å²) >= 11 is 0. The number of nitrogens with zero attached hydrogens (tertiary/aromatic N) is 1. The monoisotopic (exact) mass is 265 g/mol. The molecule has 4 nitrogen and oxygen atoms in total. The van der Waals surface area contributed by atoms with E-state index in [-0.39, 0.29) is 6.42 Å². The fourth-order valence-corrected chi connectivity index (χ4v) is 1.86. The van der Waals surface area contributed by atoms with Gasteiger partial charge in [-0.2, -0.15) is 0 Å². The molecule has 0 radical (unpaired) electrons.